The molecule has 82 valence electrons. The van der Waals surface area contributed by atoms with Crippen LogP contribution in [-0.4, -0.2) is 17.3 Å². The second kappa shape index (κ2) is 4.18. The van der Waals surface area contributed by atoms with Gasteiger partial charge < -0.3 is 4.74 Å². The average Bonchev–Trinajstić information content (AvgIpc) is 2.32. The van der Waals surface area contributed by atoms with Crippen LogP contribution in [0.15, 0.2) is 35.1 Å². The van der Waals surface area contributed by atoms with Gasteiger partial charge in [0.05, 0.1) is 18.4 Å². The molecule has 1 aromatic carbocycles. The van der Waals surface area contributed by atoms with E-state index in [1.807, 2.05) is 31.2 Å². The zero-order chi connectivity index (χ0) is 11.5. The molecule has 0 spiro atoms. The summed E-state index contributed by atoms with van der Waals surface area (Å²) in [7, 11) is 1.60. The summed E-state index contributed by atoms with van der Waals surface area (Å²) >= 11 is 0. The minimum Gasteiger partial charge on any atom is -0.497 e. The van der Waals surface area contributed by atoms with Gasteiger partial charge in [0.2, 0.25) is 0 Å². The molecule has 4 heteroatoms. The fraction of sp³-hybridized carbons (Fsp3) is 0.167. The highest BCUT2D eigenvalue weighted by Gasteiger charge is 2.05. The number of rotatable bonds is 2. The molecule has 0 aliphatic rings. The molecule has 0 bridgehead atoms. The Hall–Kier alpha value is -2.10. The topological polar surface area (TPSA) is 55.0 Å². The molecule has 0 unspecified atom stereocenters. The molecule has 0 amide bonds. The first-order chi connectivity index (χ1) is 7.70. The van der Waals surface area contributed by atoms with Gasteiger partial charge in [0.15, 0.2) is 0 Å². The number of aromatic amines is 1. The van der Waals surface area contributed by atoms with Gasteiger partial charge in [0, 0.05) is 0 Å². The van der Waals surface area contributed by atoms with E-state index in [1.54, 1.807) is 13.2 Å². The first-order valence-electron chi connectivity index (χ1n) is 4.91. The van der Waals surface area contributed by atoms with Gasteiger partial charge in [-0.05, 0) is 30.7 Å². The first kappa shape index (κ1) is 10.4. The molecule has 16 heavy (non-hydrogen) atoms. The third kappa shape index (κ3) is 1.95. The Balaban J connectivity index is 2.58. The largest absolute Gasteiger partial charge is 0.497 e. The molecular formula is C12H12N2O2. The summed E-state index contributed by atoms with van der Waals surface area (Å²) < 4.78 is 5.12. The predicted octanol–water partition coefficient (Wildman–Crippen LogP) is 1.75. The van der Waals surface area contributed by atoms with E-state index in [9.17, 15) is 4.79 Å². The van der Waals surface area contributed by atoms with Gasteiger partial charge in [0.25, 0.3) is 5.56 Å². The predicted molar refractivity (Wildman–Crippen MR) is 61.6 cm³/mol. The molecule has 4 nitrogen and oxygen atoms in total. The zero-order valence-electron chi connectivity index (χ0n) is 9.15. The molecule has 2 aromatic rings. The van der Waals surface area contributed by atoms with Crippen molar-refractivity contribution in [2.24, 2.45) is 0 Å². The van der Waals surface area contributed by atoms with E-state index in [1.165, 1.54) is 0 Å². The number of benzene rings is 1. The van der Waals surface area contributed by atoms with Crippen LogP contribution in [0.25, 0.3) is 11.1 Å². The highest BCUT2D eigenvalue weighted by atomic mass is 16.5. The van der Waals surface area contributed by atoms with Crippen molar-refractivity contribution in [3.05, 3.63) is 46.4 Å². The summed E-state index contributed by atoms with van der Waals surface area (Å²) in [5, 5.41) is 6.30. The number of aryl methyl sites for hydroxylation is 1. The van der Waals surface area contributed by atoms with Gasteiger partial charge in [-0.3, -0.25) is 4.79 Å². The van der Waals surface area contributed by atoms with Gasteiger partial charge >= 0.3 is 0 Å². The second-order valence-electron chi connectivity index (χ2n) is 3.48. The number of hydrogen-bond donors (Lipinski definition) is 1. The fourth-order valence-electron chi connectivity index (χ4n) is 1.51. The number of methoxy groups -OCH3 is 1. The molecule has 1 heterocycles. The second-order valence-corrected chi connectivity index (χ2v) is 3.48. The van der Waals surface area contributed by atoms with Crippen LogP contribution < -0.4 is 10.3 Å². The van der Waals surface area contributed by atoms with Crippen molar-refractivity contribution in [1.82, 2.24) is 10.2 Å². The zero-order valence-corrected chi connectivity index (χ0v) is 9.15. The van der Waals surface area contributed by atoms with Crippen LogP contribution in [0, 0.1) is 6.92 Å². The fourth-order valence-corrected chi connectivity index (χ4v) is 1.51. The number of nitrogens with one attached hydrogen (secondary N) is 1. The van der Waals surface area contributed by atoms with Crippen LogP contribution in [0.3, 0.4) is 0 Å². The van der Waals surface area contributed by atoms with Gasteiger partial charge in [0.1, 0.15) is 5.75 Å². The maximum Gasteiger partial charge on any atom is 0.272 e. The summed E-state index contributed by atoms with van der Waals surface area (Å²) in [5.41, 5.74) is 2.01. The van der Waals surface area contributed by atoms with E-state index in [0.29, 0.717) is 5.56 Å². The summed E-state index contributed by atoms with van der Waals surface area (Å²) in [6.45, 7) is 1.83. The third-order valence-corrected chi connectivity index (χ3v) is 2.31. The molecule has 1 N–H and O–H groups in total. The minimum absolute atomic E-state index is 0.196. The summed E-state index contributed by atoms with van der Waals surface area (Å²) in [6, 6.07) is 9.14. The van der Waals surface area contributed by atoms with E-state index in [0.717, 1.165) is 17.0 Å². The van der Waals surface area contributed by atoms with E-state index in [-0.39, 0.29) is 5.56 Å². The van der Waals surface area contributed by atoms with Crippen molar-refractivity contribution in [3.63, 3.8) is 0 Å². The Bertz CT molecular complexity index is 561. The van der Waals surface area contributed by atoms with Crippen molar-refractivity contribution < 1.29 is 4.74 Å². The summed E-state index contributed by atoms with van der Waals surface area (Å²) in [5.74, 6) is 0.728. The number of H-pyrrole nitrogens is 1. The molecule has 0 fully saturated rings. The normalized spacial score (nSPS) is 10.1. The summed E-state index contributed by atoms with van der Waals surface area (Å²) in [6.07, 6.45) is 0. The van der Waals surface area contributed by atoms with Crippen LogP contribution in [0.5, 0.6) is 5.75 Å². The Labute approximate surface area is 92.9 Å². The van der Waals surface area contributed by atoms with Crippen LogP contribution in [0.2, 0.25) is 0 Å². The van der Waals surface area contributed by atoms with Crippen molar-refractivity contribution in [3.8, 4) is 16.9 Å². The quantitative estimate of drug-likeness (QED) is 0.832. The van der Waals surface area contributed by atoms with E-state index in [4.69, 9.17) is 4.74 Å². The van der Waals surface area contributed by atoms with Gasteiger partial charge in [-0.15, -0.1) is 0 Å². The number of hydrogen-bond acceptors (Lipinski definition) is 3. The Morgan fingerprint density at radius 1 is 1.31 bits per heavy atom. The Morgan fingerprint density at radius 3 is 2.88 bits per heavy atom. The number of nitrogens with zero attached hydrogens (tertiary/aromatic N) is 1. The molecule has 2 rings (SSSR count). The van der Waals surface area contributed by atoms with E-state index in [2.05, 4.69) is 10.2 Å². The Kier molecular flexibility index (Phi) is 2.72. The molecule has 0 aliphatic heterocycles. The van der Waals surface area contributed by atoms with Crippen LogP contribution in [0.1, 0.15) is 5.69 Å². The van der Waals surface area contributed by atoms with Crippen molar-refractivity contribution in [1.29, 1.82) is 0 Å². The van der Waals surface area contributed by atoms with Gasteiger partial charge in [-0.25, -0.2) is 5.10 Å². The number of aromatic nitrogens is 2. The van der Waals surface area contributed by atoms with Crippen LogP contribution in [0.4, 0.5) is 0 Å². The van der Waals surface area contributed by atoms with E-state index >= 15 is 0 Å². The lowest BCUT2D eigenvalue weighted by Crippen LogP contribution is -2.11. The highest BCUT2D eigenvalue weighted by Crippen LogP contribution is 2.20. The maximum absolute atomic E-state index is 11.6. The molecule has 0 saturated heterocycles. The maximum atomic E-state index is 11.6. The van der Waals surface area contributed by atoms with Crippen molar-refractivity contribution in [2.75, 3.05) is 7.11 Å². The summed E-state index contributed by atoms with van der Waals surface area (Å²) in [4.78, 5) is 11.6. The molecule has 0 aliphatic carbocycles. The molecule has 0 saturated carbocycles. The molecule has 1 aromatic heterocycles. The lowest BCUT2D eigenvalue weighted by Gasteiger charge is -2.04. The highest BCUT2D eigenvalue weighted by molar-refractivity contribution is 5.64. The first-order valence-corrected chi connectivity index (χ1v) is 4.91. The average molecular weight is 216 g/mol. The van der Waals surface area contributed by atoms with Gasteiger partial charge in [-0.1, -0.05) is 12.1 Å². The molecule has 0 atom stereocenters. The van der Waals surface area contributed by atoms with Gasteiger partial charge in [-0.2, -0.15) is 5.10 Å². The SMILES string of the molecule is COc1cccc(-c2cc(C)n[nH]c2=O)c1. The molecule has 0 radical (unpaired) electrons. The van der Waals surface area contributed by atoms with Crippen molar-refractivity contribution in [2.45, 2.75) is 6.92 Å². The standard InChI is InChI=1S/C12H12N2O2/c1-8-6-11(12(15)14-13-8)9-4-3-5-10(7-9)16-2/h3-7H,1-2H3,(H,14,15). The van der Waals surface area contributed by atoms with Crippen molar-refractivity contribution >= 4 is 0 Å². The number of ether oxygens (including phenoxy) is 1. The lowest BCUT2D eigenvalue weighted by atomic mass is 10.1. The van der Waals surface area contributed by atoms with Crippen LogP contribution >= 0.6 is 0 Å². The lowest BCUT2D eigenvalue weighted by molar-refractivity contribution is 0.415. The Morgan fingerprint density at radius 2 is 2.12 bits per heavy atom. The van der Waals surface area contributed by atoms with Crippen LogP contribution in [-0.2, 0) is 0 Å². The third-order valence-electron chi connectivity index (χ3n) is 2.31. The molecular weight excluding hydrogens is 204 g/mol. The monoisotopic (exact) mass is 216 g/mol. The van der Waals surface area contributed by atoms with E-state index < -0.39 is 0 Å². The minimum atomic E-state index is -0.196. The smallest absolute Gasteiger partial charge is 0.272 e.